The molecular weight excluding hydrogens is 454 g/mol. The fraction of sp³-hybridized carbons (Fsp3) is 0.176. The average molecular weight is 470 g/mol. The van der Waals surface area contributed by atoms with Crippen LogP contribution in [-0.4, -0.2) is 33.1 Å². The second-order valence-electron chi connectivity index (χ2n) is 5.62. The number of halogens is 2. The van der Waals surface area contributed by atoms with Crippen LogP contribution in [0.3, 0.4) is 0 Å². The number of nitrogens with one attached hydrogen (secondary N) is 2. The van der Waals surface area contributed by atoms with Gasteiger partial charge in [0.25, 0.3) is 5.91 Å². The molecule has 3 N–H and O–H groups in total. The number of anilines is 2. The standard InChI is InChI=1S/C17H16FIN4O3/c1-10(24)8-26-22-17(25)13-7-12-4-5-20-9-23(12)16(13)21-15-3-2-11(19)6-14(15)18/h2-7,9-10,21,24H,8H2,1H3,(H,22,25)/t10-/m0/s1. The number of aliphatic hydroxyl groups is 1. The van der Waals surface area contributed by atoms with E-state index >= 15 is 0 Å². The summed E-state index contributed by atoms with van der Waals surface area (Å²) in [5.41, 5.74) is 3.46. The Bertz CT molecular complexity index is 945. The smallest absolute Gasteiger partial charge is 0.278 e. The van der Waals surface area contributed by atoms with E-state index in [4.69, 9.17) is 4.84 Å². The third-order valence-electron chi connectivity index (χ3n) is 3.50. The number of carbonyl (C=O) groups is 1. The van der Waals surface area contributed by atoms with E-state index < -0.39 is 17.8 Å². The summed E-state index contributed by atoms with van der Waals surface area (Å²) < 4.78 is 16.6. The van der Waals surface area contributed by atoms with Crippen molar-refractivity contribution in [2.24, 2.45) is 0 Å². The first-order valence-corrected chi connectivity index (χ1v) is 8.81. The van der Waals surface area contributed by atoms with Crippen molar-refractivity contribution in [2.45, 2.75) is 13.0 Å². The van der Waals surface area contributed by atoms with Crippen LogP contribution in [0.25, 0.3) is 5.52 Å². The van der Waals surface area contributed by atoms with Crippen molar-refractivity contribution in [3.8, 4) is 0 Å². The number of hydrogen-bond donors (Lipinski definition) is 3. The van der Waals surface area contributed by atoms with Gasteiger partial charge in [-0.05, 0) is 59.8 Å². The number of hydroxylamine groups is 1. The summed E-state index contributed by atoms with van der Waals surface area (Å²) >= 11 is 2.02. The average Bonchev–Trinajstić information content (AvgIpc) is 2.96. The van der Waals surface area contributed by atoms with Crippen LogP contribution in [0, 0.1) is 9.39 Å². The Morgan fingerprint density at radius 1 is 1.42 bits per heavy atom. The molecule has 0 bridgehead atoms. The molecule has 26 heavy (non-hydrogen) atoms. The summed E-state index contributed by atoms with van der Waals surface area (Å²) in [6.07, 6.45) is 2.40. The minimum absolute atomic E-state index is 0.0464. The number of benzene rings is 1. The zero-order valence-electron chi connectivity index (χ0n) is 13.7. The molecule has 0 unspecified atom stereocenters. The van der Waals surface area contributed by atoms with Crippen LogP contribution in [0.5, 0.6) is 0 Å². The Balaban J connectivity index is 1.95. The Labute approximate surface area is 162 Å². The number of carbonyl (C=O) groups excluding carboxylic acids is 1. The summed E-state index contributed by atoms with van der Waals surface area (Å²) in [6, 6.07) is 8.10. The third kappa shape index (κ3) is 4.11. The van der Waals surface area contributed by atoms with Gasteiger partial charge in [-0.3, -0.25) is 14.0 Å². The molecule has 3 rings (SSSR count). The van der Waals surface area contributed by atoms with E-state index in [-0.39, 0.29) is 17.9 Å². The van der Waals surface area contributed by atoms with Crippen molar-refractivity contribution >= 4 is 45.5 Å². The van der Waals surface area contributed by atoms with Gasteiger partial charge >= 0.3 is 0 Å². The van der Waals surface area contributed by atoms with Gasteiger partial charge in [-0.1, -0.05) is 0 Å². The molecule has 0 spiro atoms. The van der Waals surface area contributed by atoms with Crippen LogP contribution in [0.15, 0.2) is 42.9 Å². The highest BCUT2D eigenvalue weighted by molar-refractivity contribution is 14.1. The maximum Gasteiger partial charge on any atom is 0.278 e. The quantitative estimate of drug-likeness (QED) is 0.381. The summed E-state index contributed by atoms with van der Waals surface area (Å²) in [6.45, 7) is 1.49. The highest BCUT2D eigenvalue weighted by Crippen LogP contribution is 2.27. The highest BCUT2D eigenvalue weighted by Gasteiger charge is 2.19. The van der Waals surface area contributed by atoms with Gasteiger partial charge < -0.3 is 10.4 Å². The molecule has 2 heterocycles. The number of aromatic nitrogens is 2. The Kier molecular flexibility index (Phi) is 5.69. The van der Waals surface area contributed by atoms with Crippen molar-refractivity contribution in [1.82, 2.24) is 14.9 Å². The molecule has 0 saturated carbocycles. The topological polar surface area (TPSA) is 87.9 Å². The van der Waals surface area contributed by atoms with Gasteiger partial charge in [-0.15, -0.1) is 0 Å². The molecule has 1 aromatic carbocycles. The van der Waals surface area contributed by atoms with Crippen molar-refractivity contribution in [3.05, 3.63) is 57.8 Å². The fourth-order valence-electron chi connectivity index (χ4n) is 2.32. The molecule has 2 aromatic heterocycles. The predicted molar refractivity (Wildman–Crippen MR) is 103 cm³/mol. The summed E-state index contributed by atoms with van der Waals surface area (Å²) in [7, 11) is 0. The lowest BCUT2D eigenvalue weighted by atomic mass is 10.2. The van der Waals surface area contributed by atoms with Crippen LogP contribution < -0.4 is 10.8 Å². The van der Waals surface area contributed by atoms with E-state index in [2.05, 4.69) is 15.8 Å². The van der Waals surface area contributed by atoms with E-state index in [9.17, 15) is 14.3 Å². The van der Waals surface area contributed by atoms with Gasteiger partial charge in [0.1, 0.15) is 24.6 Å². The number of rotatable bonds is 6. The zero-order valence-corrected chi connectivity index (χ0v) is 15.9. The number of amides is 1. The Morgan fingerprint density at radius 2 is 2.23 bits per heavy atom. The van der Waals surface area contributed by atoms with Crippen LogP contribution in [0.4, 0.5) is 15.9 Å². The molecule has 0 aliphatic rings. The monoisotopic (exact) mass is 470 g/mol. The third-order valence-corrected chi connectivity index (χ3v) is 4.17. The largest absolute Gasteiger partial charge is 0.391 e. The van der Waals surface area contributed by atoms with E-state index in [1.165, 1.54) is 19.3 Å². The van der Waals surface area contributed by atoms with Crippen molar-refractivity contribution < 1.29 is 19.1 Å². The van der Waals surface area contributed by atoms with Gasteiger partial charge in [0.15, 0.2) is 0 Å². The zero-order chi connectivity index (χ0) is 18.7. The second kappa shape index (κ2) is 7.98. The molecule has 1 atom stereocenters. The van der Waals surface area contributed by atoms with Gasteiger partial charge in [-0.25, -0.2) is 14.9 Å². The van der Waals surface area contributed by atoms with E-state index in [1.807, 2.05) is 22.6 Å². The number of aliphatic hydroxyl groups excluding tert-OH is 1. The summed E-state index contributed by atoms with van der Waals surface area (Å²) in [5.74, 6) is -0.610. The summed E-state index contributed by atoms with van der Waals surface area (Å²) in [4.78, 5) is 21.5. The Hall–Kier alpha value is -2.24. The van der Waals surface area contributed by atoms with Crippen LogP contribution >= 0.6 is 22.6 Å². The van der Waals surface area contributed by atoms with E-state index in [0.717, 1.165) is 3.57 Å². The molecule has 0 aliphatic carbocycles. The predicted octanol–water partition coefficient (Wildman–Crippen LogP) is 2.86. The maximum absolute atomic E-state index is 14.2. The molecular formula is C17H16FIN4O3. The van der Waals surface area contributed by atoms with Gasteiger partial charge in [0.2, 0.25) is 0 Å². The Morgan fingerprint density at radius 3 is 2.96 bits per heavy atom. The number of fused-ring (bicyclic) bond motifs is 1. The van der Waals surface area contributed by atoms with Crippen molar-refractivity contribution in [3.63, 3.8) is 0 Å². The minimum atomic E-state index is -0.717. The number of hydrogen-bond acceptors (Lipinski definition) is 5. The number of nitrogens with zero attached hydrogens (tertiary/aromatic N) is 2. The normalized spacial score (nSPS) is 12.2. The molecule has 0 aliphatic heterocycles. The molecule has 0 fully saturated rings. The van der Waals surface area contributed by atoms with Gasteiger partial charge in [0.05, 0.1) is 22.9 Å². The van der Waals surface area contributed by atoms with Crippen LogP contribution in [0.1, 0.15) is 17.3 Å². The molecule has 0 radical (unpaired) electrons. The lowest BCUT2D eigenvalue weighted by Gasteiger charge is -2.11. The van der Waals surface area contributed by atoms with Crippen molar-refractivity contribution in [2.75, 3.05) is 11.9 Å². The molecule has 1 amide bonds. The first-order valence-electron chi connectivity index (χ1n) is 7.73. The molecule has 7 nitrogen and oxygen atoms in total. The van der Waals surface area contributed by atoms with Crippen molar-refractivity contribution in [1.29, 1.82) is 0 Å². The van der Waals surface area contributed by atoms with Crippen LogP contribution in [-0.2, 0) is 4.84 Å². The SMILES string of the molecule is C[C@H](O)CONC(=O)c1cc2ccncn2c1Nc1ccc(I)cc1F. The van der Waals surface area contributed by atoms with E-state index in [0.29, 0.717) is 11.3 Å². The molecule has 0 saturated heterocycles. The first kappa shape index (κ1) is 18.5. The first-order chi connectivity index (χ1) is 12.5. The van der Waals surface area contributed by atoms with Crippen LogP contribution in [0.2, 0.25) is 0 Å². The second-order valence-corrected chi connectivity index (χ2v) is 6.87. The van der Waals surface area contributed by atoms with E-state index in [1.54, 1.807) is 34.9 Å². The lowest BCUT2D eigenvalue weighted by Crippen LogP contribution is -2.27. The minimum Gasteiger partial charge on any atom is -0.391 e. The van der Waals surface area contributed by atoms with Gasteiger partial charge in [-0.2, -0.15) is 0 Å². The molecule has 3 aromatic rings. The maximum atomic E-state index is 14.2. The highest BCUT2D eigenvalue weighted by atomic mass is 127. The van der Waals surface area contributed by atoms with Gasteiger partial charge in [0, 0.05) is 9.77 Å². The molecule has 136 valence electrons. The summed E-state index contributed by atoms with van der Waals surface area (Å²) in [5, 5.41) is 12.2. The fourth-order valence-corrected chi connectivity index (χ4v) is 2.78. The molecule has 9 heteroatoms. The lowest BCUT2D eigenvalue weighted by molar-refractivity contribution is -0.00681.